The predicted molar refractivity (Wildman–Crippen MR) is 134 cm³/mol. The monoisotopic (exact) mass is 550 g/mol. The number of nitrogens with one attached hydrogen (secondary N) is 1. The van der Waals surface area contributed by atoms with E-state index in [4.69, 9.17) is 21.3 Å². The molecular formula is C27H27ClF4N4O2. The van der Waals surface area contributed by atoms with Crippen molar-refractivity contribution in [3.63, 3.8) is 0 Å². The number of hydrogen-bond acceptors (Lipinski definition) is 5. The molecule has 1 aromatic carbocycles. The summed E-state index contributed by atoms with van der Waals surface area (Å²) in [5.41, 5.74) is -0.104. The highest BCUT2D eigenvalue weighted by Crippen LogP contribution is 2.43. The van der Waals surface area contributed by atoms with Crippen molar-refractivity contribution in [2.75, 3.05) is 18.0 Å². The molecule has 0 atom stereocenters. The zero-order valence-electron chi connectivity index (χ0n) is 20.6. The minimum Gasteiger partial charge on any atom is -0.373 e. The summed E-state index contributed by atoms with van der Waals surface area (Å²) in [6.07, 6.45) is 0.919. The average molecular weight is 551 g/mol. The Hall–Kier alpha value is -2.72. The Morgan fingerprint density at radius 3 is 2.50 bits per heavy atom. The van der Waals surface area contributed by atoms with E-state index in [1.807, 2.05) is 4.90 Å². The van der Waals surface area contributed by atoms with Crippen LogP contribution in [0.15, 0.2) is 29.3 Å². The van der Waals surface area contributed by atoms with E-state index in [0.29, 0.717) is 48.4 Å². The van der Waals surface area contributed by atoms with Gasteiger partial charge in [0.2, 0.25) is 0 Å². The number of ether oxygens (including phenoxy) is 1. The third-order valence-electron chi connectivity index (χ3n) is 8.00. The zero-order chi connectivity index (χ0) is 26.7. The first-order valence-corrected chi connectivity index (χ1v) is 13.3. The maximum atomic E-state index is 14.9. The molecule has 2 aromatic rings. The van der Waals surface area contributed by atoms with E-state index in [0.717, 1.165) is 38.2 Å². The summed E-state index contributed by atoms with van der Waals surface area (Å²) in [6, 6.07) is 5.30. The van der Waals surface area contributed by atoms with Crippen LogP contribution in [0.4, 0.5) is 23.2 Å². The lowest BCUT2D eigenvalue weighted by Crippen LogP contribution is -2.49. The number of anilines is 1. The fourth-order valence-corrected chi connectivity index (χ4v) is 5.55. The number of alkyl halides is 3. The lowest BCUT2D eigenvalue weighted by molar-refractivity contribution is -0.141. The quantitative estimate of drug-likeness (QED) is 0.465. The molecule has 38 heavy (non-hydrogen) atoms. The molecule has 0 radical (unpaired) electrons. The number of amides is 1. The van der Waals surface area contributed by atoms with Crippen LogP contribution in [0.5, 0.6) is 0 Å². The van der Waals surface area contributed by atoms with Gasteiger partial charge in [-0.3, -0.25) is 9.79 Å². The number of rotatable bonds is 6. The van der Waals surface area contributed by atoms with Gasteiger partial charge in [0.25, 0.3) is 5.91 Å². The van der Waals surface area contributed by atoms with Gasteiger partial charge < -0.3 is 15.0 Å². The van der Waals surface area contributed by atoms with E-state index in [1.165, 1.54) is 12.1 Å². The Labute approximate surface area is 222 Å². The molecule has 1 saturated heterocycles. The molecule has 3 heterocycles. The second-order valence-electron chi connectivity index (χ2n) is 10.6. The fraction of sp³-hybridized carbons (Fsp3) is 0.519. The van der Waals surface area contributed by atoms with Crippen molar-refractivity contribution in [2.45, 2.75) is 75.3 Å². The number of hydrogen-bond donors (Lipinski definition) is 1. The minimum absolute atomic E-state index is 0.0661. The van der Waals surface area contributed by atoms with Crippen molar-refractivity contribution in [3.8, 4) is 0 Å². The highest BCUT2D eigenvalue weighted by molar-refractivity contribution is 6.30. The van der Waals surface area contributed by atoms with E-state index >= 15 is 0 Å². The van der Waals surface area contributed by atoms with Crippen LogP contribution in [0, 0.1) is 5.82 Å². The molecule has 1 aromatic heterocycles. The molecule has 2 saturated carbocycles. The van der Waals surface area contributed by atoms with Gasteiger partial charge in [0.15, 0.2) is 0 Å². The van der Waals surface area contributed by atoms with Gasteiger partial charge in [-0.15, -0.1) is 0 Å². The molecule has 1 amide bonds. The Morgan fingerprint density at radius 2 is 1.87 bits per heavy atom. The maximum absolute atomic E-state index is 14.9. The van der Waals surface area contributed by atoms with Crippen molar-refractivity contribution in [1.29, 1.82) is 0 Å². The highest BCUT2D eigenvalue weighted by Gasteiger charge is 2.47. The number of aromatic nitrogens is 1. The number of benzene rings is 1. The summed E-state index contributed by atoms with van der Waals surface area (Å²) < 4.78 is 60.6. The van der Waals surface area contributed by atoms with Crippen molar-refractivity contribution < 1.29 is 27.1 Å². The predicted octanol–water partition coefficient (Wildman–Crippen LogP) is 5.76. The Morgan fingerprint density at radius 1 is 1.13 bits per heavy atom. The molecule has 1 N–H and O–H groups in total. The minimum atomic E-state index is -4.54. The molecule has 1 spiro atoms. The number of amidine groups is 1. The van der Waals surface area contributed by atoms with Crippen LogP contribution < -0.4 is 10.2 Å². The molecule has 2 aliphatic carbocycles. The SMILES string of the molecule is O=C1NC(c2ccc(C(F)(F)F)nc2C2CC2)=NC12CCN(c1cc(Cl)cc(F)c1COC1CCC1)CC2. The van der Waals surface area contributed by atoms with E-state index in [1.54, 1.807) is 6.07 Å². The van der Waals surface area contributed by atoms with Crippen molar-refractivity contribution in [1.82, 2.24) is 10.3 Å². The standard InChI is InChI=1S/C27H27ClF4N4O2/c28-16-12-20(29)19(14-38-17-2-1-3-17)21(13-16)36-10-8-26(9-11-36)25(37)34-24(35-26)18-6-7-22(27(30,31)32)33-23(18)15-4-5-15/h6-7,12-13,15,17H,1-5,8-11,14H2,(H,34,35,37). The number of nitrogens with zero attached hydrogens (tertiary/aromatic N) is 3. The summed E-state index contributed by atoms with van der Waals surface area (Å²) in [4.78, 5) is 23.8. The molecule has 11 heteroatoms. The van der Waals surface area contributed by atoms with Crippen molar-refractivity contribution >= 4 is 29.0 Å². The molecule has 0 bridgehead atoms. The molecule has 0 unspecified atom stereocenters. The fourth-order valence-electron chi connectivity index (χ4n) is 5.36. The number of carbonyl (C=O) groups excluding carboxylic acids is 1. The average Bonchev–Trinajstić information content (AvgIpc) is 3.64. The van der Waals surface area contributed by atoms with Crippen LogP contribution in [0.3, 0.4) is 0 Å². The maximum Gasteiger partial charge on any atom is 0.433 e. The van der Waals surface area contributed by atoms with Gasteiger partial charge in [-0.25, -0.2) is 9.37 Å². The lowest BCUT2D eigenvalue weighted by atomic mass is 9.87. The summed E-state index contributed by atoms with van der Waals surface area (Å²) >= 11 is 6.19. The van der Waals surface area contributed by atoms with E-state index in [2.05, 4.69) is 10.3 Å². The smallest absolute Gasteiger partial charge is 0.373 e. The molecule has 3 fully saturated rings. The topological polar surface area (TPSA) is 66.8 Å². The van der Waals surface area contributed by atoms with Gasteiger partial charge in [-0.1, -0.05) is 11.6 Å². The number of halogens is 5. The normalized spacial score (nSPS) is 21.4. The van der Waals surface area contributed by atoms with Crippen LogP contribution >= 0.6 is 11.6 Å². The van der Waals surface area contributed by atoms with Gasteiger partial charge in [0, 0.05) is 40.8 Å². The number of aliphatic imine (C=N–C) groups is 1. The summed E-state index contributed by atoms with van der Waals surface area (Å²) in [7, 11) is 0. The van der Waals surface area contributed by atoms with Crippen molar-refractivity contribution in [2.24, 2.45) is 4.99 Å². The summed E-state index contributed by atoms with van der Waals surface area (Å²) in [5, 5.41) is 3.10. The zero-order valence-corrected chi connectivity index (χ0v) is 21.3. The Kier molecular flexibility index (Phi) is 6.38. The number of piperidine rings is 1. The number of pyridine rings is 1. The van der Waals surface area contributed by atoms with Crippen LogP contribution in [0.1, 0.15) is 73.4 Å². The molecule has 2 aliphatic heterocycles. The molecule has 202 valence electrons. The van der Waals surface area contributed by atoms with E-state index < -0.39 is 23.2 Å². The molecule has 6 rings (SSSR count). The third kappa shape index (κ3) is 4.77. The third-order valence-corrected chi connectivity index (χ3v) is 8.22. The summed E-state index contributed by atoms with van der Waals surface area (Å²) in [6.45, 7) is 1.01. The van der Waals surface area contributed by atoms with Gasteiger partial charge >= 0.3 is 6.18 Å². The van der Waals surface area contributed by atoms with Crippen molar-refractivity contribution in [3.05, 3.63) is 57.6 Å². The first-order chi connectivity index (χ1) is 18.1. The largest absolute Gasteiger partial charge is 0.433 e. The van der Waals surface area contributed by atoms with E-state index in [9.17, 15) is 22.4 Å². The Bertz CT molecular complexity index is 1300. The second kappa shape index (κ2) is 9.48. The van der Waals surface area contributed by atoms with E-state index in [-0.39, 0.29) is 35.4 Å². The second-order valence-corrected chi connectivity index (χ2v) is 11.0. The van der Waals surface area contributed by atoms with Gasteiger partial charge in [-0.2, -0.15) is 13.2 Å². The van der Waals surface area contributed by atoms with Crippen LogP contribution in [-0.2, 0) is 22.3 Å². The van der Waals surface area contributed by atoms with Crippen LogP contribution in [0.2, 0.25) is 5.02 Å². The first kappa shape index (κ1) is 25.6. The Balaban J connectivity index is 1.23. The lowest BCUT2D eigenvalue weighted by Gasteiger charge is -2.38. The number of carbonyl (C=O) groups is 1. The first-order valence-electron chi connectivity index (χ1n) is 13.0. The van der Waals surface area contributed by atoms with Gasteiger partial charge in [0.1, 0.15) is 22.9 Å². The molecule has 6 nitrogen and oxygen atoms in total. The van der Waals surface area contributed by atoms with Gasteiger partial charge in [-0.05, 0) is 69.2 Å². The molecular weight excluding hydrogens is 524 g/mol. The van der Waals surface area contributed by atoms with Gasteiger partial charge in [0.05, 0.1) is 18.4 Å². The van der Waals surface area contributed by atoms with Crippen LogP contribution in [-0.4, -0.2) is 41.5 Å². The molecule has 4 aliphatic rings. The summed E-state index contributed by atoms with van der Waals surface area (Å²) in [5.74, 6) is -0.494. The highest BCUT2D eigenvalue weighted by atomic mass is 35.5. The van der Waals surface area contributed by atoms with Crippen LogP contribution in [0.25, 0.3) is 0 Å².